The molecule has 3 heteroatoms. The summed E-state index contributed by atoms with van der Waals surface area (Å²) in [5.41, 5.74) is 5.11. The third-order valence-electron chi connectivity index (χ3n) is 9.34. The van der Waals surface area contributed by atoms with Crippen molar-refractivity contribution in [2.45, 2.75) is 117 Å². The van der Waals surface area contributed by atoms with Crippen LogP contribution in [0.3, 0.4) is 0 Å². The van der Waals surface area contributed by atoms with E-state index in [0.29, 0.717) is 20.2 Å². The van der Waals surface area contributed by atoms with Crippen molar-refractivity contribution >= 4 is 13.9 Å². The molecule has 0 fully saturated rings. The predicted molar refractivity (Wildman–Crippen MR) is 176 cm³/mol. The van der Waals surface area contributed by atoms with Crippen LogP contribution in [-0.4, -0.2) is 10.2 Å². The van der Waals surface area contributed by atoms with E-state index >= 15 is 0 Å². The standard InChI is InChI=1S/C37H53O2P/c1-10-13-23-37(12-3,40-32-22-18-17-21-29(32)33(38)27-19-15-14-16-20-27)31-25-28(35(5,6)7)24-30(34(31)39)36(8,9)26(4)11-2/h14-22,24-26,33,38-40H,10-13,23H2,1-9H3. The number of benzene rings is 3. The second-order valence-corrected chi connectivity index (χ2v) is 15.0. The van der Waals surface area contributed by atoms with Crippen LogP contribution in [0, 0.1) is 5.92 Å². The Hall–Kier alpha value is -2.15. The zero-order valence-corrected chi connectivity index (χ0v) is 27.4. The van der Waals surface area contributed by atoms with Crippen LogP contribution in [0.25, 0.3) is 0 Å². The van der Waals surface area contributed by atoms with Gasteiger partial charge < -0.3 is 10.2 Å². The fraction of sp³-hybridized carbons (Fsp3) is 0.514. The molecule has 40 heavy (non-hydrogen) atoms. The number of hydrogen-bond donors (Lipinski definition) is 2. The summed E-state index contributed by atoms with van der Waals surface area (Å²) in [6.07, 6.45) is 4.49. The van der Waals surface area contributed by atoms with Gasteiger partial charge in [0.15, 0.2) is 0 Å². The molecule has 0 bridgehead atoms. The van der Waals surface area contributed by atoms with Gasteiger partial charge in [-0.1, -0.05) is 157 Å². The Kier molecular flexibility index (Phi) is 10.7. The highest BCUT2D eigenvalue weighted by Gasteiger charge is 2.39. The number of aliphatic hydroxyl groups excluding tert-OH is 1. The Balaban J connectivity index is 2.28. The summed E-state index contributed by atoms with van der Waals surface area (Å²) in [5, 5.41) is 24.7. The molecule has 0 saturated heterocycles. The molecule has 2 N–H and O–H groups in total. The molecule has 0 aliphatic rings. The molecule has 0 amide bonds. The molecule has 3 aromatic carbocycles. The van der Waals surface area contributed by atoms with Crippen LogP contribution in [0.2, 0.25) is 0 Å². The molecule has 4 unspecified atom stereocenters. The van der Waals surface area contributed by atoms with E-state index in [4.69, 9.17) is 0 Å². The van der Waals surface area contributed by atoms with E-state index in [0.717, 1.165) is 54.4 Å². The van der Waals surface area contributed by atoms with E-state index in [1.807, 2.05) is 36.4 Å². The molecular weight excluding hydrogens is 507 g/mol. The first-order valence-corrected chi connectivity index (χ1v) is 16.3. The van der Waals surface area contributed by atoms with Gasteiger partial charge in [-0.05, 0) is 51.6 Å². The third-order valence-corrected chi connectivity index (χ3v) is 11.4. The molecule has 3 aromatic rings. The second-order valence-electron chi connectivity index (χ2n) is 13.3. The predicted octanol–water partition coefficient (Wildman–Crippen LogP) is 9.89. The number of aliphatic hydroxyl groups is 1. The van der Waals surface area contributed by atoms with Crippen LogP contribution >= 0.6 is 8.58 Å². The van der Waals surface area contributed by atoms with Crippen molar-refractivity contribution in [1.82, 2.24) is 0 Å². The molecule has 0 radical (unpaired) electrons. The van der Waals surface area contributed by atoms with Gasteiger partial charge >= 0.3 is 0 Å². The van der Waals surface area contributed by atoms with Gasteiger partial charge in [-0.3, -0.25) is 0 Å². The number of aromatic hydroxyl groups is 1. The maximum absolute atomic E-state index is 12.2. The lowest BCUT2D eigenvalue weighted by Crippen LogP contribution is -2.30. The van der Waals surface area contributed by atoms with Crippen molar-refractivity contribution in [3.05, 3.63) is 94.5 Å². The van der Waals surface area contributed by atoms with Crippen LogP contribution < -0.4 is 5.30 Å². The molecule has 0 heterocycles. The number of unbranched alkanes of at least 4 members (excludes halogenated alkanes) is 1. The number of rotatable bonds is 12. The number of phenols is 1. The van der Waals surface area contributed by atoms with E-state index in [1.54, 1.807) is 0 Å². The van der Waals surface area contributed by atoms with Gasteiger partial charge in [0.25, 0.3) is 0 Å². The van der Waals surface area contributed by atoms with Crippen molar-refractivity contribution in [3.63, 3.8) is 0 Å². The lowest BCUT2D eigenvalue weighted by molar-refractivity contribution is 0.221. The van der Waals surface area contributed by atoms with E-state index in [-0.39, 0.29) is 16.0 Å². The minimum absolute atomic E-state index is 0.0442. The van der Waals surface area contributed by atoms with Gasteiger partial charge in [0.05, 0.1) is 0 Å². The molecule has 0 saturated carbocycles. The van der Waals surface area contributed by atoms with E-state index < -0.39 is 6.10 Å². The fourth-order valence-electron chi connectivity index (χ4n) is 5.82. The minimum atomic E-state index is -0.681. The third kappa shape index (κ3) is 6.83. The zero-order valence-electron chi connectivity index (χ0n) is 26.4. The second kappa shape index (κ2) is 13.2. The quantitative estimate of drug-likeness (QED) is 0.216. The van der Waals surface area contributed by atoms with Crippen LogP contribution in [0.5, 0.6) is 5.75 Å². The van der Waals surface area contributed by atoms with Gasteiger partial charge in [-0.25, -0.2) is 0 Å². The van der Waals surface area contributed by atoms with E-state index in [2.05, 4.69) is 92.6 Å². The highest BCUT2D eigenvalue weighted by Crippen LogP contribution is 2.55. The Bertz CT molecular complexity index is 1240. The smallest absolute Gasteiger partial charge is 0.123 e. The number of phenolic OH excluding ortho intramolecular Hbond substituents is 1. The summed E-state index contributed by atoms with van der Waals surface area (Å²) in [7, 11) is 0.420. The van der Waals surface area contributed by atoms with Crippen LogP contribution in [0.1, 0.15) is 128 Å². The fourth-order valence-corrected chi connectivity index (χ4v) is 7.68. The SMILES string of the molecule is CCCCC(CC)(Pc1ccccc1C(O)c1ccccc1)c1cc(C(C)(C)C)cc(C(C)(C)C(C)CC)c1O. The van der Waals surface area contributed by atoms with Gasteiger partial charge in [0.2, 0.25) is 0 Å². The molecule has 0 aromatic heterocycles. The molecular formula is C37H53O2P. The molecule has 2 nitrogen and oxygen atoms in total. The minimum Gasteiger partial charge on any atom is -0.507 e. The first-order chi connectivity index (χ1) is 18.8. The summed E-state index contributed by atoms with van der Waals surface area (Å²) < 4.78 is 0. The normalized spacial score (nSPS) is 15.8. The molecule has 0 aliphatic heterocycles. The topological polar surface area (TPSA) is 40.5 Å². The average Bonchev–Trinajstić information content (AvgIpc) is 2.94. The summed E-state index contributed by atoms with van der Waals surface area (Å²) in [5.74, 6) is 0.905. The summed E-state index contributed by atoms with van der Waals surface area (Å²) in [4.78, 5) is 0. The Morgan fingerprint density at radius 2 is 1.43 bits per heavy atom. The largest absolute Gasteiger partial charge is 0.507 e. The van der Waals surface area contributed by atoms with Crippen LogP contribution in [-0.2, 0) is 16.0 Å². The molecule has 3 rings (SSSR count). The van der Waals surface area contributed by atoms with Gasteiger partial charge in [-0.15, -0.1) is 0 Å². The average molecular weight is 561 g/mol. The van der Waals surface area contributed by atoms with Crippen LogP contribution in [0.4, 0.5) is 0 Å². The summed E-state index contributed by atoms with van der Waals surface area (Å²) in [6.45, 7) is 20.5. The maximum atomic E-state index is 12.2. The number of hydrogen-bond acceptors (Lipinski definition) is 2. The van der Waals surface area contributed by atoms with Gasteiger partial charge in [-0.2, -0.15) is 0 Å². The lowest BCUT2D eigenvalue weighted by Gasteiger charge is -2.40. The zero-order chi connectivity index (χ0) is 29.7. The first-order valence-electron chi connectivity index (χ1n) is 15.3. The van der Waals surface area contributed by atoms with Crippen molar-refractivity contribution in [2.24, 2.45) is 5.92 Å². The Morgan fingerprint density at radius 1 is 0.825 bits per heavy atom. The molecule has 0 spiro atoms. The van der Waals surface area contributed by atoms with Gasteiger partial charge in [0.1, 0.15) is 11.9 Å². The van der Waals surface area contributed by atoms with E-state index in [1.165, 1.54) is 10.9 Å². The highest BCUT2D eigenvalue weighted by atomic mass is 31.1. The molecule has 218 valence electrons. The maximum Gasteiger partial charge on any atom is 0.123 e. The summed E-state index contributed by atoms with van der Waals surface area (Å²) in [6, 6.07) is 22.9. The van der Waals surface area contributed by atoms with Crippen molar-refractivity contribution in [1.29, 1.82) is 0 Å². The molecule has 0 aliphatic carbocycles. The van der Waals surface area contributed by atoms with Crippen molar-refractivity contribution in [2.75, 3.05) is 0 Å². The summed E-state index contributed by atoms with van der Waals surface area (Å²) >= 11 is 0. The van der Waals surface area contributed by atoms with Crippen molar-refractivity contribution < 1.29 is 10.2 Å². The molecule has 4 atom stereocenters. The van der Waals surface area contributed by atoms with Crippen molar-refractivity contribution in [3.8, 4) is 5.75 Å². The Labute approximate surface area is 246 Å². The van der Waals surface area contributed by atoms with E-state index in [9.17, 15) is 10.2 Å². The van der Waals surface area contributed by atoms with Crippen LogP contribution in [0.15, 0.2) is 66.7 Å². The Morgan fingerprint density at radius 3 is 2.00 bits per heavy atom. The lowest BCUT2D eigenvalue weighted by atomic mass is 9.69. The van der Waals surface area contributed by atoms with Gasteiger partial charge in [0, 0.05) is 16.3 Å². The highest BCUT2D eigenvalue weighted by molar-refractivity contribution is 7.48. The first kappa shape index (κ1) is 32.4. The monoisotopic (exact) mass is 560 g/mol.